The van der Waals surface area contributed by atoms with Crippen LogP contribution in [0.1, 0.15) is 97.6 Å². The molecule has 0 saturated heterocycles. The highest BCUT2D eigenvalue weighted by atomic mass is 14.9. The predicted molar refractivity (Wildman–Crippen MR) is 132 cm³/mol. The minimum absolute atomic E-state index is 0.748. The SMILES string of the molecule is Cc1cc(C2CCCC2)cc(-c2c3ccc(C4CCCCC4)cc3cc(C)[n+]2C)c1C. The summed E-state index contributed by atoms with van der Waals surface area (Å²) >= 11 is 0. The minimum Gasteiger partial charge on any atom is -0.198 e. The van der Waals surface area contributed by atoms with Gasteiger partial charge in [0.2, 0.25) is 5.69 Å². The molecule has 0 amide bonds. The van der Waals surface area contributed by atoms with Gasteiger partial charge in [-0.1, -0.05) is 50.3 Å². The molecule has 1 aromatic heterocycles. The number of rotatable bonds is 3. The Labute approximate surface area is 188 Å². The second-order valence-corrected chi connectivity index (χ2v) is 10.4. The first-order valence-corrected chi connectivity index (χ1v) is 12.6. The number of aryl methyl sites for hydroxylation is 2. The van der Waals surface area contributed by atoms with E-state index in [0.29, 0.717) is 0 Å². The van der Waals surface area contributed by atoms with Gasteiger partial charge in [0.15, 0.2) is 5.69 Å². The maximum Gasteiger partial charge on any atom is 0.220 e. The summed E-state index contributed by atoms with van der Waals surface area (Å²) in [6, 6.07) is 14.7. The third-order valence-electron chi connectivity index (χ3n) is 8.41. The zero-order chi connectivity index (χ0) is 21.5. The molecule has 2 aliphatic carbocycles. The quantitative estimate of drug-likeness (QED) is 0.384. The van der Waals surface area contributed by atoms with E-state index in [1.54, 1.807) is 11.1 Å². The van der Waals surface area contributed by atoms with Gasteiger partial charge in [-0.05, 0) is 91.1 Å². The van der Waals surface area contributed by atoms with E-state index < -0.39 is 0 Å². The fourth-order valence-electron chi connectivity index (χ4n) is 6.24. The lowest BCUT2D eigenvalue weighted by molar-refractivity contribution is -0.665. The third kappa shape index (κ3) is 3.81. The van der Waals surface area contributed by atoms with Gasteiger partial charge in [0, 0.05) is 13.0 Å². The van der Waals surface area contributed by atoms with E-state index in [2.05, 4.69) is 68.8 Å². The summed E-state index contributed by atoms with van der Waals surface area (Å²) in [6.45, 7) is 6.88. The number of nitrogens with zero attached hydrogens (tertiary/aromatic N) is 1. The van der Waals surface area contributed by atoms with Crippen LogP contribution in [0, 0.1) is 20.8 Å². The standard InChI is InChI=1S/C30H38N/c1-20-16-26(24-12-8-9-13-24)19-29(22(20)3)30-28-15-14-25(23-10-6-5-7-11-23)18-27(28)17-21(2)31(30)4/h14-19,23-24H,5-13H2,1-4H3/q+1. The molecule has 0 radical (unpaired) electrons. The van der Waals surface area contributed by atoms with Crippen molar-refractivity contribution in [2.75, 3.05) is 0 Å². The zero-order valence-corrected chi connectivity index (χ0v) is 19.9. The van der Waals surface area contributed by atoms with Crippen molar-refractivity contribution in [3.05, 3.63) is 64.3 Å². The maximum atomic E-state index is 2.53. The van der Waals surface area contributed by atoms with Crippen LogP contribution in [0.2, 0.25) is 0 Å². The van der Waals surface area contributed by atoms with Gasteiger partial charge in [-0.15, -0.1) is 0 Å². The second-order valence-electron chi connectivity index (χ2n) is 10.4. The van der Waals surface area contributed by atoms with Crippen molar-refractivity contribution in [2.45, 2.75) is 90.4 Å². The first-order valence-electron chi connectivity index (χ1n) is 12.6. The van der Waals surface area contributed by atoms with Crippen molar-refractivity contribution in [2.24, 2.45) is 7.05 Å². The number of benzene rings is 2. The van der Waals surface area contributed by atoms with Crippen molar-refractivity contribution in [1.29, 1.82) is 0 Å². The number of pyridine rings is 1. The Morgan fingerprint density at radius 3 is 2.06 bits per heavy atom. The van der Waals surface area contributed by atoms with Crippen LogP contribution < -0.4 is 4.57 Å². The molecule has 2 fully saturated rings. The molecule has 0 unspecified atom stereocenters. The number of fused-ring (bicyclic) bond motifs is 1. The van der Waals surface area contributed by atoms with Crippen molar-refractivity contribution in [3.63, 3.8) is 0 Å². The molecule has 1 nitrogen and oxygen atoms in total. The van der Waals surface area contributed by atoms with Gasteiger partial charge in [-0.3, -0.25) is 0 Å². The van der Waals surface area contributed by atoms with Crippen LogP contribution in [0.3, 0.4) is 0 Å². The third-order valence-corrected chi connectivity index (χ3v) is 8.41. The van der Waals surface area contributed by atoms with E-state index in [0.717, 1.165) is 11.8 Å². The minimum atomic E-state index is 0.748. The molecule has 3 aromatic rings. The summed E-state index contributed by atoms with van der Waals surface area (Å²) in [7, 11) is 2.25. The highest BCUT2D eigenvalue weighted by Gasteiger charge is 2.25. The van der Waals surface area contributed by atoms with Crippen LogP contribution in [0.5, 0.6) is 0 Å². The van der Waals surface area contributed by atoms with Crippen LogP contribution in [-0.2, 0) is 7.05 Å². The van der Waals surface area contributed by atoms with Gasteiger partial charge in [0.05, 0.1) is 10.9 Å². The smallest absolute Gasteiger partial charge is 0.198 e. The average Bonchev–Trinajstić information content (AvgIpc) is 3.32. The Morgan fingerprint density at radius 2 is 1.35 bits per heavy atom. The van der Waals surface area contributed by atoms with Gasteiger partial charge < -0.3 is 0 Å². The number of aromatic nitrogens is 1. The largest absolute Gasteiger partial charge is 0.220 e. The molecule has 1 heterocycles. The Hall–Kier alpha value is -2.15. The second kappa shape index (κ2) is 8.41. The zero-order valence-electron chi connectivity index (χ0n) is 19.9. The Morgan fingerprint density at radius 1 is 0.710 bits per heavy atom. The molecule has 1 heteroatoms. The molecule has 31 heavy (non-hydrogen) atoms. The molecule has 0 bridgehead atoms. The molecular formula is C30H38N+. The van der Waals surface area contributed by atoms with E-state index >= 15 is 0 Å². The molecular weight excluding hydrogens is 374 g/mol. The van der Waals surface area contributed by atoms with E-state index in [1.165, 1.54) is 96.6 Å². The van der Waals surface area contributed by atoms with Crippen LogP contribution in [0.25, 0.3) is 22.0 Å². The van der Waals surface area contributed by atoms with Crippen molar-refractivity contribution < 1.29 is 4.57 Å². The van der Waals surface area contributed by atoms with Crippen LogP contribution >= 0.6 is 0 Å². The summed E-state index contributed by atoms with van der Waals surface area (Å²) in [6.07, 6.45) is 12.4. The molecule has 0 N–H and O–H groups in total. The first kappa shape index (κ1) is 20.7. The van der Waals surface area contributed by atoms with Crippen LogP contribution in [0.4, 0.5) is 0 Å². The van der Waals surface area contributed by atoms with E-state index in [1.807, 2.05) is 0 Å². The summed E-state index contributed by atoms with van der Waals surface area (Å²) in [5, 5.41) is 2.82. The average molecular weight is 413 g/mol. The van der Waals surface area contributed by atoms with E-state index in [-0.39, 0.29) is 0 Å². The molecule has 0 aliphatic heterocycles. The predicted octanol–water partition coefficient (Wildman–Crippen LogP) is 7.96. The van der Waals surface area contributed by atoms with Crippen molar-refractivity contribution >= 4 is 10.8 Å². The summed E-state index contributed by atoms with van der Waals surface area (Å²) in [5.41, 5.74) is 10.2. The lowest BCUT2D eigenvalue weighted by Crippen LogP contribution is -2.35. The number of hydrogen-bond acceptors (Lipinski definition) is 0. The van der Waals surface area contributed by atoms with E-state index in [4.69, 9.17) is 0 Å². The summed E-state index contributed by atoms with van der Waals surface area (Å²) in [4.78, 5) is 0. The Balaban J connectivity index is 1.68. The molecule has 2 aromatic carbocycles. The van der Waals surface area contributed by atoms with Crippen LogP contribution in [-0.4, -0.2) is 0 Å². The van der Waals surface area contributed by atoms with Gasteiger partial charge in [-0.2, -0.15) is 4.57 Å². The lowest BCUT2D eigenvalue weighted by atomic mass is 9.83. The molecule has 2 aliphatic rings. The fraction of sp³-hybridized carbons (Fsp3) is 0.500. The molecule has 2 saturated carbocycles. The Bertz CT molecular complexity index is 1110. The maximum absolute atomic E-state index is 2.53. The summed E-state index contributed by atoms with van der Waals surface area (Å²) < 4.78 is 2.42. The van der Waals surface area contributed by atoms with Crippen LogP contribution in [0.15, 0.2) is 36.4 Å². The Kier molecular flexibility index (Phi) is 5.63. The van der Waals surface area contributed by atoms with Crippen molar-refractivity contribution in [3.8, 4) is 11.3 Å². The van der Waals surface area contributed by atoms with E-state index in [9.17, 15) is 0 Å². The van der Waals surface area contributed by atoms with Gasteiger partial charge >= 0.3 is 0 Å². The highest BCUT2D eigenvalue weighted by molar-refractivity contribution is 5.94. The molecule has 0 atom stereocenters. The van der Waals surface area contributed by atoms with Crippen molar-refractivity contribution in [1.82, 2.24) is 0 Å². The first-order chi connectivity index (χ1) is 15.0. The van der Waals surface area contributed by atoms with Gasteiger partial charge in [0.25, 0.3) is 0 Å². The monoisotopic (exact) mass is 412 g/mol. The molecule has 0 spiro atoms. The highest BCUT2D eigenvalue weighted by Crippen LogP contribution is 2.40. The fourth-order valence-corrected chi connectivity index (χ4v) is 6.24. The lowest BCUT2D eigenvalue weighted by Gasteiger charge is -2.22. The van der Waals surface area contributed by atoms with Gasteiger partial charge in [0.1, 0.15) is 7.05 Å². The summed E-state index contributed by atoms with van der Waals surface area (Å²) in [5.74, 6) is 1.50. The molecule has 162 valence electrons. The normalized spacial score (nSPS) is 18.2. The number of hydrogen-bond donors (Lipinski definition) is 0. The van der Waals surface area contributed by atoms with Gasteiger partial charge in [-0.25, -0.2) is 0 Å². The topological polar surface area (TPSA) is 3.88 Å². The molecule has 5 rings (SSSR count).